The molecule has 0 fully saturated rings. The molecule has 0 heterocycles. The Labute approximate surface area is 183 Å². The van der Waals surface area contributed by atoms with Gasteiger partial charge in [-0.2, -0.15) is 5.26 Å². The minimum absolute atomic E-state index is 0.131. The molecule has 166 valence electrons. The molecule has 0 spiro atoms. The molecule has 1 atom stereocenters. The SMILES string of the molecule is COc1ccc(CCNCC(O)COc2ccc(/C(C)=C\C#N)cc2OC)cc1OC. The van der Waals surface area contributed by atoms with Crippen LogP contribution in [0.3, 0.4) is 0 Å². The molecule has 0 amide bonds. The van der Waals surface area contributed by atoms with Gasteiger partial charge in [0.05, 0.1) is 27.4 Å². The number of rotatable bonds is 12. The van der Waals surface area contributed by atoms with Gasteiger partial charge >= 0.3 is 0 Å². The summed E-state index contributed by atoms with van der Waals surface area (Å²) in [5, 5.41) is 22.3. The van der Waals surface area contributed by atoms with Crippen LogP contribution in [0.4, 0.5) is 0 Å². The Hall–Kier alpha value is -3.21. The van der Waals surface area contributed by atoms with Gasteiger partial charge in [0, 0.05) is 12.6 Å². The highest BCUT2D eigenvalue weighted by Gasteiger charge is 2.11. The Bertz CT molecular complexity index is 921. The lowest BCUT2D eigenvalue weighted by Gasteiger charge is -2.16. The van der Waals surface area contributed by atoms with Crippen LogP contribution in [0.5, 0.6) is 23.0 Å². The van der Waals surface area contributed by atoms with Crippen molar-refractivity contribution in [3.63, 3.8) is 0 Å². The molecule has 2 rings (SSSR count). The van der Waals surface area contributed by atoms with Gasteiger partial charge in [-0.3, -0.25) is 0 Å². The number of allylic oxidation sites excluding steroid dienone is 2. The van der Waals surface area contributed by atoms with Crippen molar-refractivity contribution in [2.24, 2.45) is 0 Å². The first kappa shape index (κ1) is 24.1. The van der Waals surface area contributed by atoms with Gasteiger partial charge in [0.25, 0.3) is 0 Å². The fourth-order valence-corrected chi connectivity index (χ4v) is 2.99. The van der Waals surface area contributed by atoms with E-state index in [0.717, 1.165) is 23.1 Å². The molecule has 0 aliphatic carbocycles. The van der Waals surface area contributed by atoms with Crippen LogP contribution in [-0.2, 0) is 6.42 Å². The zero-order chi connectivity index (χ0) is 22.6. The average molecular weight is 427 g/mol. The van der Waals surface area contributed by atoms with Gasteiger partial charge < -0.3 is 29.4 Å². The average Bonchev–Trinajstić information content (AvgIpc) is 2.80. The van der Waals surface area contributed by atoms with E-state index in [1.165, 1.54) is 6.08 Å². The highest BCUT2D eigenvalue weighted by molar-refractivity contribution is 5.68. The molecule has 7 heteroatoms. The molecule has 2 aromatic rings. The summed E-state index contributed by atoms with van der Waals surface area (Å²) in [4.78, 5) is 0. The maximum atomic E-state index is 10.2. The minimum Gasteiger partial charge on any atom is -0.493 e. The van der Waals surface area contributed by atoms with E-state index in [2.05, 4.69) is 5.32 Å². The monoisotopic (exact) mass is 426 g/mol. The summed E-state index contributed by atoms with van der Waals surface area (Å²) in [5.41, 5.74) is 2.83. The summed E-state index contributed by atoms with van der Waals surface area (Å²) in [6, 6.07) is 13.3. The lowest BCUT2D eigenvalue weighted by atomic mass is 10.1. The number of hydrogen-bond acceptors (Lipinski definition) is 7. The highest BCUT2D eigenvalue weighted by Crippen LogP contribution is 2.31. The summed E-state index contributed by atoms with van der Waals surface area (Å²) in [5.74, 6) is 2.50. The number of nitrogens with zero attached hydrogens (tertiary/aromatic N) is 1. The van der Waals surface area contributed by atoms with Crippen molar-refractivity contribution >= 4 is 5.57 Å². The second-order valence-corrected chi connectivity index (χ2v) is 6.93. The fourth-order valence-electron chi connectivity index (χ4n) is 2.99. The molecular weight excluding hydrogens is 396 g/mol. The standard InChI is InChI=1S/C24H30N2O5/c1-17(9-11-25)19-6-8-22(24(14-19)30-4)31-16-20(27)15-26-12-10-18-5-7-21(28-2)23(13-18)29-3/h5-9,13-14,20,26-27H,10,12,15-16H2,1-4H3/b17-9-. The topological polar surface area (TPSA) is 93.0 Å². The van der Waals surface area contributed by atoms with Crippen LogP contribution in [0, 0.1) is 11.3 Å². The van der Waals surface area contributed by atoms with Crippen LogP contribution < -0.4 is 24.3 Å². The molecule has 0 aliphatic heterocycles. The summed E-state index contributed by atoms with van der Waals surface area (Å²) >= 11 is 0. The normalized spacial score (nSPS) is 12.1. The van der Waals surface area contributed by atoms with E-state index in [-0.39, 0.29) is 6.61 Å². The maximum absolute atomic E-state index is 10.2. The largest absolute Gasteiger partial charge is 0.493 e. The fraction of sp³-hybridized carbons (Fsp3) is 0.375. The second-order valence-electron chi connectivity index (χ2n) is 6.93. The summed E-state index contributed by atoms with van der Waals surface area (Å²) in [6.07, 6.45) is 1.60. The van der Waals surface area contributed by atoms with Gasteiger partial charge in [-0.1, -0.05) is 12.1 Å². The number of aliphatic hydroxyl groups excluding tert-OH is 1. The van der Waals surface area contributed by atoms with Gasteiger partial charge in [-0.05, 0) is 60.9 Å². The van der Waals surface area contributed by atoms with Gasteiger partial charge in [-0.25, -0.2) is 0 Å². The van der Waals surface area contributed by atoms with Gasteiger partial charge in [0.15, 0.2) is 23.0 Å². The molecule has 7 nitrogen and oxygen atoms in total. The zero-order valence-corrected chi connectivity index (χ0v) is 18.5. The van der Waals surface area contributed by atoms with Crippen molar-refractivity contribution in [1.29, 1.82) is 5.26 Å². The number of nitrogens with one attached hydrogen (secondary N) is 1. The van der Waals surface area contributed by atoms with Gasteiger partial charge in [-0.15, -0.1) is 0 Å². The van der Waals surface area contributed by atoms with Crippen LogP contribution in [0.15, 0.2) is 42.5 Å². The Morgan fingerprint density at radius 2 is 1.71 bits per heavy atom. The quantitative estimate of drug-likeness (QED) is 0.398. The van der Waals surface area contributed by atoms with Crippen molar-refractivity contribution in [1.82, 2.24) is 5.32 Å². The molecule has 0 saturated carbocycles. The van der Waals surface area contributed by atoms with Crippen molar-refractivity contribution in [2.45, 2.75) is 19.4 Å². The molecule has 0 aliphatic rings. The molecule has 0 aromatic heterocycles. The maximum Gasteiger partial charge on any atom is 0.161 e. The predicted molar refractivity (Wildman–Crippen MR) is 120 cm³/mol. The molecular formula is C24H30N2O5. The van der Waals surface area contributed by atoms with E-state index in [9.17, 15) is 5.11 Å². The van der Waals surface area contributed by atoms with E-state index in [1.54, 1.807) is 27.4 Å². The first-order chi connectivity index (χ1) is 15.0. The van der Waals surface area contributed by atoms with Gasteiger partial charge in [0.2, 0.25) is 0 Å². The van der Waals surface area contributed by atoms with E-state index in [1.807, 2.05) is 43.3 Å². The number of ether oxygens (including phenoxy) is 4. The molecule has 0 saturated heterocycles. The van der Waals surface area contributed by atoms with Crippen LogP contribution in [-0.4, -0.2) is 52.2 Å². The van der Waals surface area contributed by atoms with Gasteiger partial charge in [0.1, 0.15) is 12.7 Å². The lowest BCUT2D eigenvalue weighted by molar-refractivity contribution is 0.105. The minimum atomic E-state index is -0.671. The molecule has 0 radical (unpaired) electrons. The lowest BCUT2D eigenvalue weighted by Crippen LogP contribution is -2.32. The number of hydrogen-bond donors (Lipinski definition) is 2. The smallest absolute Gasteiger partial charge is 0.161 e. The first-order valence-electron chi connectivity index (χ1n) is 9.99. The van der Waals surface area contributed by atoms with Crippen LogP contribution >= 0.6 is 0 Å². The highest BCUT2D eigenvalue weighted by atomic mass is 16.5. The Balaban J connectivity index is 1.80. The van der Waals surface area contributed by atoms with Crippen molar-refractivity contribution in [3.05, 3.63) is 53.6 Å². The third-order valence-corrected chi connectivity index (χ3v) is 4.75. The second kappa shape index (κ2) is 12.5. The molecule has 2 aromatic carbocycles. The number of aliphatic hydroxyl groups is 1. The van der Waals surface area contributed by atoms with Crippen LogP contribution in [0.1, 0.15) is 18.1 Å². The molecule has 0 bridgehead atoms. The Morgan fingerprint density at radius 1 is 1.03 bits per heavy atom. The zero-order valence-electron chi connectivity index (χ0n) is 18.5. The Kier molecular flexibility index (Phi) is 9.69. The van der Waals surface area contributed by atoms with Crippen molar-refractivity contribution in [3.8, 4) is 29.1 Å². The third kappa shape index (κ3) is 7.21. The molecule has 31 heavy (non-hydrogen) atoms. The third-order valence-electron chi connectivity index (χ3n) is 4.75. The first-order valence-corrected chi connectivity index (χ1v) is 9.99. The molecule has 2 N–H and O–H groups in total. The number of benzene rings is 2. The number of nitriles is 1. The van der Waals surface area contributed by atoms with E-state index >= 15 is 0 Å². The molecule has 1 unspecified atom stereocenters. The summed E-state index contributed by atoms with van der Waals surface area (Å²) in [7, 11) is 4.78. The van der Waals surface area contributed by atoms with Crippen LogP contribution in [0.25, 0.3) is 5.57 Å². The number of methoxy groups -OCH3 is 3. The Morgan fingerprint density at radius 3 is 2.39 bits per heavy atom. The van der Waals surface area contributed by atoms with E-state index in [0.29, 0.717) is 36.1 Å². The summed E-state index contributed by atoms with van der Waals surface area (Å²) < 4.78 is 21.7. The van der Waals surface area contributed by atoms with Crippen molar-refractivity contribution in [2.75, 3.05) is 41.0 Å². The summed E-state index contributed by atoms with van der Waals surface area (Å²) in [6.45, 7) is 3.09. The van der Waals surface area contributed by atoms with Crippen molar-refractivity contribution < 1.29 is 24.1 Å². The van der Waals surface area contributed by atoms with E-state index in [4.69, 9.17) is 24.2 Å². The van der Waals surface area contributed by atoms with E-state index < -0.39 is 6.10 Å². The van der Waals surface area contributed by atoms with Crippen LogP contribution in [0.2, 0.25) is 0 Å². The predicted octanol–water partition coefficient (Wildman–Crippen LogP) is 3.21.